The highest BCUT2D eigenvalue weighted by atomic mass is 16.1. The van der Waals surface area contributed by atoms with E-state index in [9.17, 15) is 4.79 Å². The molecule has 0 fully saturated rings. The molecule has 1 aromatic heterocycles. The Morgan fingerprint density at radius 1 is 1.64 bits per heavy atom. The number of amides is 1. The Hall–Kier alpha value is -1.72. The summed E-state index contributed by atoms with van der Waals surface area (Å²) >= 11 is 0. The van der Waals surface area contributed by atoms with Crippen LogP contribution >= 0.6 is 0 Å². The molecule has 6 N–H and O–H groups in total. The van der Waals surface area contributed by atoms with Crippen molar-refractivity contribution in [2.45, 2.75) is 25.8 Å². The second kappa shape index (κ2) is 3.99. The summed E-state index contributed by atoms with van der Waals surface area (Å²) in [6, 6.07) is 0.0276. The number of carbonyl (C=O) groups is 1. The van der Waals surface area contributed by atoms with Crippen LogP contribution in [-0.4, -0.2) is 15.7 Å². The lowest BCUT2D eigenvalue weighted by Gasteiger charge is -2.12. The first-order valence-corrected chi connectivity index (χ1v) is 4.39. The number of aromatic nitrogens is 2. The number of nitrogens with two attached hydrogens (primary N) is 3. The summed E-state index contributed by atoms with van der Waals surface area (Å²) in [5, 5.41) is 4.01. The number of rotatable bonds is 4. The van der Waals surface area contributed by atoms with Crippen LogP contribution in [-0.2, 0) is 4.79 Å². The van der Waals surface area contributed by atoms with E-state index in [1.54, 1.807) is 4.68 Å². The highest BCUT2D eigenvalue weighted by molar-refractivity contribution is 5.73. The molecular weight excluding hydrogens is 182 g/mol. The number of anilines is 2. The topological polar surface area (TPSA) is 113 Å². The normalized spacial score (nSPS) is 12.6. The van der Waals surface area contributed by atoms with Crippen LogP contribution in [0.1, 0.15) is 25.8 Å². The largest absolute Gasteiger partial charge is 0.394 e. The average Bonchev–Trinajstić information content (AvgIpc) is 2.44. The molecule has 0 saturated heterocycles. The van der Waals surface area contributed by atoms with E-state index in [0.29, 0.717) is 24.3 Å². The van der Waals surface area contributed by atoms with Gasteiger partial charge in [-0.15, -0.1) is 0 Å². The molecule has 0 saturated carbocycles. The maximum absolute atomic E-state index is 10.6. The summed E-state index contributed by atoms with van der Waals surface area (Å²) < 4.78 is 1.60. The number of carbonyl (C=O) groups excluding carboxylic acids is 1. The molecule has 14 heavy (non-hydrogen) atoms. The highest BCUT2D eigenvalue weighted by Gasteiger charge is 2.11. The third kappa shape index (κ3) is 2.15. The quantitative estimate of drug-likeness (QED) is 0.624. The van der Waals surface area contributed by atoms with Crippen LogP contribution in [0.5, 0.6) is 0 Å². The lowest BCUT2D eigenvalue weighted by molar-refractivity contribution is -0.118. The zero-order chi connectivity index (χ0) is 10.7. The first-order valence-electron chi connectivity index (χ1n) is 4.39. The zero-order valence-corrected chi connectivity index (χ0v) is 8.10. The summed E-state index contributed by atoms with van der Waals surface area (Å²) in [6.45, 7) is 1.91. The van der Waals surface area contributed by atoms with E-state index in [-0.39, 0.29) is 11.9 Å². The summed E-state index contributed by atoms with van der Waals surface area (Å²) in [7, 11) is 0. The number of primary amides is 1. The highest BCUT2D eigenvalue weighted by Crippen LogP contribution is 2.20. The van der Waals surface area contributed by atoms with Gasteiger partial charge >= 0.3 is 0 Å². The molecule has 1 heterocycles. The second-order valence-electron chi connectivity index (χ2n) is 3.28. The molecule has 0 radical (unpaired) electrons. The fourth-order valence-electron chi connectivity index (χ4n) is 1.21. The lowest BCUT2D eigenvalue weighted by Crippen LogP contribution is -2.15. The van der Waals surface area contributed by atoms with Crippen molar-refractivity contribution < 1.29 is 4.79 Å². The van der Waals surface area contributed by atoms with E-state index >= 15 is 0 Å². The number of nitrogen functional groups attached to an aromatic ring is 2. The first-order chi connectivity index (χ1) is 6.52. The van der Waals surface area contributed by atoms with Gasteiger partial charge in [-0.3, -0.25) is 4.79 Å². The van der Waals surface area contributed by atoms with Gasteiger partial charge in [0.2, 0.25) is 5.91 Å². The second-order valence-corrected chi connectivity index (χ2v) is 3.28. The molecule has 0 aromatic carbocycles. The maximum atomic E-state index is 10.6. The minimum absolute atomic E-state index is 0.0276. The van der Waals surface area contributed by atoms with Crippen LogP contribution in [0.2, 0.25) is 0 Å². The van der Waals surface area contributed by atoms with Gasteiger partial charge in [0.1, 0.15) is 5.82 Å². The van der Waals surface area contributed by atoms with Crippen molar-refractivity contribution in [2.75, 3.05) is 11.5 Å². The Bertz CT molecular complexity index is 332. The van der Waals surface area contributed by atoms with Gasteiger partial charge in [0, 0.05) is 6.42 Å². The van der Waals surface area contributed by atoms with Crippen LogP contribution in [0.4, 0.5) is 11.5 Å². The Morgan fingerprint density at radius 2 is 2.29 bits per heavy atom. The van der Waals surface area contributed by atoms with Gasteiger partial charge in [-0.2, -0.15) is 5.10 Å². The monoisotopic (exact) mass is 197 g/mol. The molecule has 6 heteroatoms. The molecule has 0 bridgehead atoms. The van der Waals surface area contributed by atoms with Gasteiger partial charge in [-0.05, 0) is 13.3 Å². The van der Waals surface area contributed by atoms with Gasteiger partial charge < -0.3 is 17.2 Å². The molecule has 0 aliphatic rings. The van der Waals surface area contributed by atoms with E-state index in [1.807, 2.05) is 6.92 Å². The predicted molar refractivity (Wildman–Crippen MR) is 54.2 cm³/mol. The summed E-state index contributed by atoms with van der Waals surface area (Å²) in [4.78, 5) is 10.6. The lowest BCUT2D eigenvalue weighted by atomic mass is 10.2. The van der Waals surface area contributed by atoms with Crippen molar-refractivity contribution in [2.24, 2.45) is 5.73 Å². The Morgan fingerprint density at radius 3 is 2.71 bits per heavy atom. The maximum Gasteiger partial charge on any atom is 0.217 e. The summed E-state index contributed by atoms with van der Waals surface area (Å²) in [5.41, 5.74) is 16.7. The SMILES string of the molecule is CC(CCC(N)=O)n1ncc(N)c1N. The molecular formula is C8H15N5O. The van der Waals surface area contributed by atoms with Crippen molar-refractivity contribution in [3.63, 3.8) is 0 Å². The first kappa shape index (κ1) is 10.4. The molecule has 1 aromatic rings. The van der Waals surface area contributed by atoms with Crippen LogP contribution in [0.15, 0.2) is 6.20 Å². The molecule has 78 valence electrons. The average molecular weight is 197 g/mol. The van der Waals surface area contributed by atoms with E-state index in [2.05, 4.69) is 5.10 Å². The summed E-state index contributed by atoms with van der Waals surface area (Å²) in [6.07, 6.45) is 2.43. The van der Waals surface area contributed by atoms with Gasteiger partial charge in [-0.25, -0.2) is 4.68 Å². The van der Waals surface area contributed by atoms with Crippen molar-refractivity contribution >= 4 is 17.4 Å². The third-order valence-corrected chi connectivity index (χ3v) is 2.09. The Balaban J connectivity index is 2.65. The zero-order valence-electron chi connectivity index (χ0n) is 8.10. The third-order valence-electron chi connectivity index (χ3n) is 2.09. The fourth-order valence-corrected chi connectivity index (χ4v) is 1.21. The van der Waals surface area contributed by atoms with E-state index in [0.717, 1.165) is 0 Å². The number of hydrogen-bond donors (Lipinski definition) is 3. The smallest absolute Gasteiger partial charge is 0.217 e. The van der Waals surface area contributed by atoms with Crippen LogP contribution < -0.4 is 17.2 Å². The van der Waals surface area contributed by atoms with Crippen LogP contribution in [0, 0.1) is 0 Å². The van der Waals surface area contributed by atoms with Crippen LogP contribution in [0.25, 0.3) is 0 Å². The number of nitrogens with zero attached hydrogens (tertiary/aromatic N) is 2. The molecule has 0 spiro atoms. The van der Waals surface area contributed by atoms with Crippen molar-refractivity contribution in [1.82, 2.24) is 9.78 Å². The molecule has 0 aliphatic heterocycles. The molecule has 1 atom stereocenters. The van der Waals surface area contributed by atoms with Gasteiger partial charge in [0.05, 0.1) is 17.9 Å². The Kier molecular flexibility index (Phi) is 2.95. The van der Waals surface area contributed by atoms with Crippen molar-refractivity contribution in [3.05, 3.63) is 6.20 Å². The minimum Gasteiger partial charge on any atom is -0.394 e. The molecule has 1 unspecified atom stereocenters. The van der Waals surface area contributed by atoms with Crippen LogP contribution in [0.3, 0.4) is 0 Å². The van der Waals surface area contributed by atoms with Gasteiger partial charge in [-0.1, -0.05) is 0 Å². The molecule has 6 nitrogen and oxygen atoms in total. The van der Waals surface area contributed by atoms with Crippen molar-refractivity contribution in [1.29, 1.82) is 0 Å². The Labute approximate surface area is 82.0 Å². The van der Waals surface area contributed by atoms with E-state index in [1.165, 1.54) is 6.20 Å². The summed E-state index contributed by atoms with van der Waals surface area (Å²) in [5.74, 6) is 0.109. The molecule has 1 rings (SSSR count). The van der Waals surface area contributed by atoms with Gasteiger partial charge in [0.25, 0.3) is 0 Å². The van der Waals surface area contributed by atoms with Crippen molar-refractivity contribution in [3.8, 4) is 0 Å². The van der Waals surface area contributed by atoms with E-state index in [4.69, 9.17) is 17.2 Å². The molecule has 0 aliphatic carbocycles. The standard InChI is InChI=1S/C8H15N5O/c1-5(2-3-7(10)14)13-8(11)6(9)4-12-13/h4-5H,2-3,9,11H2,1H3,(H2,10,14). The number of hydrogen-bond acceptors (Lipinski definition) is 4. The van der Waals surface area contributed by atoms with E-state index < -0.39 is 0 Å². The molecule has 1 amide bonds. The van der Waals surface area contributed by atoms with Gasteiger partial charge in [0.15, 0.2) is 0 Å². The minimum atomic E-state index is -0.324. The predicted octanol–water partition coefficient (Wildman–Crippen LogP) is -0.126. The fraction of sp³-hybridized carbons (Fsp3) is 0.500.